The van der Waals surface area contributed by atoms with Crippen molar-refractivity contribution < 1.29 is 19.1 Å². The molecule has 0 saturated carbocycles. The molecule has 0 bridgehead atoms. The predicted molar refractivity (Wildman–Crippen MR) is 227 cm³/mol. The zero-order chi connectivity index (χ0) is 39.3. The van der Waals surface area contributed by atoms with Gasteiger partial charge in [0.1, 0.15) is 33.3 Å². The number of rotatable bonds is 11. The van der Waals surface area contributed by atoms with E-state index in [0.29, 0.717) is 28.3 Å². The summed E-state index contributed by atoms with van der Waals surface area (Å²) >= 11 is 1.58. The number of carbonyl (C=O) groups is 2. The molecule has 0 aliphatic carbocycles. The van der Waals surface area contributed by atoms with Gasteiger partial charge in [-0.1, -0.05) is 60.7 Å². The van der Waals surface area contributed by atoms with Gasteiger partial charge in [-0.3, -0.25) is 15.0 Å². The quantitative estimate of drug-likeness (QED) is 0.139. The zero-order valence-electron chi connectivity index (χ0n) is 32.3. The number of hydrogen-bond donors (Lipinski definition) is 1. The first kappa shape index (κ1) is 36.2. The monoisotopic (exact) mass is 774 g/mol. The van der Waals surface area contributed by atoms with Crippen LogP contribution in [0.15, 0.2) is 115 Å². The van der Waals surface area contributed by atoms with E-state index in [1.807, 2.05) is 97.1 Å². The molecule has 0 radical (unpaired) electrons. The highest BCUT2D eigenvalue weighted by atomic mass is 32.1. The van der Waals surface area contributed by atoms with Crippen molar-refractivity contribution in [3.8, 4) is 28.0 Å². The van der Waals surface area contributed by atoms with E-state index in [4.69, 9.17) is 19.4 Å². The molecule has 5 aromatic carbocycles. The smallest absolute Gasteiger partial charge is 0.276 e. The number of hydrogen-bond acceptors (Lipinski definition) is 9. The van der Waals surface area contributed by atoms with Crippen LogP contribution in [0.1, 0.15) is 54.7 Å². The molecule has 0 fully saturated rings. The van der Waals surface area contributed by atoms with Gasteiger partial charge in [-0.25, -0.2) is 15.0 Å². The molecule has 0 atom stereocenters. The third-order valence-electron chi connectivity index (χ3n) is 11.1. The fourth-order valence-electron chi connectivity index (χ4n) is 8.30. The second-order valence-electron chi connectivity index (χ2n) is 14.0. The minimum absolute atomic E-state index is 0.328. The Kier molecular flexibility index (Phi) is 9.24. The molecule has 286 valence electrons. The Morgan fingerprint density at radius 1 is 0.754 bits per heavy atom. The van der Waals surface area contributed by atoms with Gasteiger partial charge in [0.05, 0.1) is 15.9 Å². The van der Waals surface area contributed by atoms with Crippen LogP contribution in [0, 0.1) is 0 Å². The number of pyridine rings is 1. The minimum atomic E-state index is -1.23. The summed E-state index contributed by atoms with van der Waals surface area (Å²) in [5.41, 5.74) is 8.82. The molecule has 4 heterocycles. The van der Waals surface area contributed by atoms with Crippen molar-refractivity contribution in [3.63, 3.8) is 0 Å². The fraction of sp³-hybridized carbons (Fsp3) is 0.217. The number of nitrogens with zero attached hydrogens (tertiary/aromatic N) is 5. The van der Waals surface area contributed by atoms with Crippen molar-refractivity contribution in [2.24, 2.45) is 0 Å². The zero-order valence-corrected chi connectivity index (χ0v) is 33.1. The molecule has 57 heavy (non-hydrogen) atoms. The van der Waals surface area contributed by atoms with Gasteiger partial charge in [0, 0.05) is 77.3 Å². The standard InChI is InChI=1S/C46H42N6O4S/c1-5-50(6-2)30-21-23-34-39(26-30)56-40-27-31(51(7-3)8-4)22-24-35(40)46(34)33-16-10-9-15-32(33)45(54)52(46)49-42(53)28-55-38-18-13-14-29-20-25-37(47-43(29)38)44-48-36-17-11-12-19-41(36)57-44/h9-27H,5-8,28H2,1-4H3,(H,49,53). The van der Waals surface area contributed by atoms with Crippen LogP contribution < -0.4 is 24.7 Å². The maximum Gasteiger partial charge on any atom is 0.276 e. The summed E-state index contributed by atoms with van der Waals surface area (Å²) < 4.78 is 14.1. The maximum atomic E-state index is 14.6. The third kappa shape index (κ3) is 5.92. The average Bonchev–Trinajstić information content (AvgIpc) is 3.78. The van der Waals surface area contributed by atoms with E-state index in [9.17, 15) is 9.59 Å². The van der Waals surface area contributed by atoms with E-state index >= 15 is 0 Å². The van der Waals surface area contributed by atoms with Gasteiger partial charge in [-0.15, -0.1) is 11.3 Å². The lowest BCUT2D eigenvalue weighted by Crippen LogP contribution is -2.56. The summed E-state index contributed by atoms with van der Waals surface area (Å²) in [6.45, 7) is 11.4. The van der Waals surface area contributed by atoms with Gasteiger partial charge in [0.15, 0.2) is 6.61 Å². The van der Waals surface area contributed by atoms with Crippen molar-refractivity contribution in [3.05, 3.63) is 138 Å². The molecule has 2 amide bonds. The first-order valence-electron chi connectivity index (χ1n) is 19.5. The fourth-order valence-corrected chi connectivity index (χ4v) is 9.24. The third-order valence-corrected chi connectivity index (χ3v) is 12.1. The van der Waals surface area contributed by atoms with E-state index < -0.39 is 11.4 Å². The van der Waals surface area contributed by atoms with Crippen molar-refractivity contribution in [1.29, 1.82) is 0 Å². The molecular weight excluding hydrogens is 733 g/mol. The van der Waals surface area contributed by atoms with Gasteiger partial charge in [0.25, 0.3) is 11.8 Å². The van der Waals surface area contributed by atoms with Crippen molar-refractivity contribution >= 4 is 55.6 Å². The van der Waals surface area contributed by atoms with Gasteiger partial charge in [-0.2, -0.15) is 0 Å². The highest BCUT2D eigenvalue weighted by Gasteiger charge is 2.57. The number of aromatic nitrogens is 2. The Balaban J connectivity index is 1.10. The Bertz CT molecular complexity index is 2590. The van der Waals surface area contributed by atoms with Gasteiger partial charge >= 0.3 is 0 Å². The van der Waals surface area contributed by atoms with Gasteiger partial charge in [0.2, 0.25) is 0 Å². The summed E-state index contributed by atoms with van der Waals surface area (Å²) in [4.78, 5) is 43.1. The molecule has 1 spiro atoms. The highest BCUT2D eigenvalue weighted by molar-refractivity contribution is 7.21. The summed E-state index contributed by atoms with van der Waals surface area (Å²) in [7, 11) is 0. The van der Waals surface area contributed by atoms with E-state index in [2.05, 4.69) is 55.1 Å². The lowest BCUT2D eigenvalue weighted by Gasteiger charge is -2.44. The lowest BCUT2D eigenvalue weighted by atomic mass is 9.75. The summed E-state index contributed by atoms with van der Waals surface area (Å²) in [6.07, 6.45) is 0. The first-order chi connectivity index (χ1) is 27.9. The number of para-hydroxylation sites is 2. The molecule has 0 saturated heterocycles. The summed E-state index contributed by atoms with van der Waals surface area (Å²) in [5.74, 6) is 0.865. The van der Waals surface area contributed by atoms with Crippen LogP contribution in [-0.4, -0.2) is 59.6 Å². The van der Waals surface area contributed by atoms with Crippen molar-refractivity contribution in [1.82, 2.24) is 20.4 Å². The number of benzene rings is 5. The number of fused-ring (bicyclic) bond motifs is 8. The van der Waals surface area contributed by atoms with E-state index in [-0.39, 0.29) is 12.5 Å². The Morgan fingerprint density at radius 3 is 2.11 bits per heavy atom. The van der Waals surface area contributed by atoms with E-state index in [0.717, 1.165) is 80.5 Å². The summed E-state index contributed by atoms with van der Waals surface area (Å²) in [5, 5.41) is 3.14. The van der Waals surface area contributed by atoms with E-state index in [1.165, 1.54) is 5.01 Å². The molecule has 2 aliphatic rings. The Labute approximate surface area is 335 Å². The van der Waals surface area contributed by atoms with Crippen molar-refractivity contribution in [2.75, 3.05) is 42.6 Å². The number of nitrogens with one attached hydrogen (secondary N) is 1. The normalized spacial score (nSPS) is 13.6. The minimum Gasteiger partial charge on any atom is -0.481 e. The second kappa shape index (κ2) is 14.6. The van der Waals surface area contributed by atoms with Gasteiger partial charge in [-0.05, 0) is 70.2 Å². The molecule has 2 aliphatic heterocycles. The molecule has 1 N–H and O–H groups in total. The molecule has 9 rings (SSSR count). The number of anilines is 2. The van der Waals surface area contributed by atoms with Crippen molar-refractivity contribution in [2.45, 2.75) is 33.2 Å². The average molecular weight is 775 g/mol. The molecule has 0 unspecified atom stereocenters. The SMILES string of the molecule is CCN(CC)c1ccc2c(c1)Oc1cc(N(CC)CC)ccc1C21c2ccccc2C(=O)N1NC(=O)COc1cccc2ccc(-c3nc4ccccc4s3)nc12. The predicted octanol–water partition coefficient (Wildman–Crippen LogP) is 9.17. The van der Waals surface area contributed by atoms with Crippen LogP contribution in [0.5, 0.6) is 17.2 Å². The topological polar surface area (TPSA) is 100 Å². The van der Waals surface area contributed by atoms with E-state index in [1.54, 1.807) is 17.4 Å². The van der Waals surface area contributed by atoms with Crippen LogP contribution >= 0.6 is 11.3 Å². The Morgan fingerprint density at radius 2 is 1.42 bits per heavy atom. The van der Waals surface area contributed by atoms with Crippen LogP contribution in [0.25, 0.3) is 31.8 Å². The number of amides is 2. The van der Waals surface area contributed by atoms with Crippen LogP contribution in [-0.2, 0) is 10.3 Å². The maximum absolute atomic E-state index is 14.6. The molecule has 10 nitrogen and oxygen atoms in total. The number of ether oxygens (including phenoxy) is 2. The Hall–Kier alpha value is -6.46. The largest absolute Gasteiger partial charge is 0.481 e. The van der Waals surface area contributed by atoms with Crippen LogP contribution in [0.3, 0.4) is 0 Å². The molecule has 2 aromatic heterocycles. The van der Waals surface area contributed by atoms with Crippen LogP contribution in [0.2, 0.25) is 0 Å². The van der Waals surface area contributed by atoms with Gasteiger partial charge < -0.3 is 19.3 Å². The van der Waals surface area contributed by atoms with Crippen LogP contribution in [0.4, 0.5) is 11.4 Å². The number of thiazole rings is 1. The first-order valence-corrected chi connectivity index (χ1v) is 20.3. The molecule has 11 heteroatoms. The highest BCUT2D eigenvalue weighted by Crippen LogP contribution is 2.57. The second-order valence-corrected chi connectivity index (χ2v) is 15.1. The number of hydrazine groups is 1. The lowest BCUT2D eigenvalue weighted by molar-refractivity contribution is -0.128. The number of carbonyl (C=O) groups excluding carboxylic acids is 2. The summed E-state index contributed by atoms with van der Waals surface area (Å²) in [6, 6.07) is 37.4. The molecular formula is C46H42N6O4S. The molecule has 7 aromatic rings.